The molecule has 4 aromatic rings. The van der Waals surface area contributed by atoms with Crippen LogP contribution < -0.4 is 0 Å². The summed E-state index contributed by atoms with van der Waals surface area (Å²) in [4.78, 5) is 26.1. The minimum Gasteiger partial charge on any atom is -0.468 e. The minimum absolute atomic E-state index is 0.138. The summed E-state index contributed by atoms with van der Waals surface area (Å²) in [5.41, 5.74) is 12.3. The lowest BCUT2D eigenvalue weighted by molar-refractivity contribution is -0.145. The van der Waals surface area contributed by atoms with Crippen LogP contribution in [0.15, 0.2) is 140 Å². The molecule has 5 rings (SSSR count). The van der Waals surface area contributed by atoms with E-state index in [0.29, 0.717) is 0 Å². The number of ether oxygens (including phenoxy) is 2. The van der Waals surface area contributed by atoms with E-state index in [1.807, 2.05) is 127 Å². The van der Waals surface area contributed by atoms with Crippen molar-refractivity contribution in [2.75, 3.05) is 14.2 Å². The second-order valence-electron chi connectivity index (χ2n) is 9.78. The number of carbonyl (C=O) groups is 2. The Morgan fingerprint density at radius 2 is 1.23 bits per heavy atom. The van der Waals surface area contributed by atoms with Crippen LogP contribution >= 0.6 is 0 Å². The zero-order valence-electron chi connectivity index (χ0n) is 25.0. The van der Waals surface area contributed by atoms with Gasteiger partial charge in [0.15, 0.2) is 0 Å². The van der Waals surface area contributed by atoms with Crippen molar-refractivity contribution in [3.8, 4) is 0 Å². The fourth-order valence-electron chi connectivity index (χ4n) is 4.43. The summed E-state index contributed by atoms with van der Waals surface area (Å²) in [6.45, 7) is 3.63. The van der Waals surface area contributed by atoms with E-state index in [2.05, 4.69) is 28.2 Å². The lowest BCUT2D eigenvalue weighted by Crippen LogP contribution is -2.17. The van der Waals surface area contributed by atoms with E-state index >= 15 is 0 Å². The fraction of sp³-hybridized carbons (Fsp3) is 0.132. The van der Waals surface area contributed by atoms with E-state index in [1.54, 1.807) is 6.08 Å². The van der Waals surface area contributed by atoms with Crippen molar-refractivity contribution in [1.82, 2.24) is 0 Å². The molecule has 0 amide bonds. The van der Waals surface area contributed by atoms with E-state index in [1.165, 1.54) is 31.4 Å². The molecule has 0 radical (unpaired) electrons. The number of hydrogen-bond acceptors (Lipinski definition) is 4. The van der Waals surface area contributed by atoms with Gasteiger partial charge in [-0.2, -0.15) is 4.79 Å². The van der Waals surface area contributed by atoms with E-state index < -0.39 is 11.4 Å². The van der Waals surface area contributed by atoms with Crippen LogP contribution in [-0.4, -0.2) is 36.7 Å². The molecule has 1 fully saturated rings. The van der Waals surface area contributed by atoms with Gasteiger partial charge in [-0.15, -0.1) is 0 Å². The monoisotopic (exact) mass is 584 g/mol. The molecule has 0 heterocycles. The Kier molecular flexibility index (Phi) is 13.0. The van der Waals surface area contributed by atoms with Crippen molar-refractivity contribution >= 4 is 35.9 Å². The smallest absolute Gasteiger partial charge is 0.421 e. The van der Waals surface area contributed by atoms with Crippen LogP contribution in [0, 0.1) is 5.41 Å². The third-order valence-electron chi connectivity index (χ3n) is 6.91. The summed E-state index contributed by atoms with van der Waals surface area (Å²) < 4.78 is 9.44. The lowest BCUT2D eigenvalue weighted by atomic mass is 9.97. The number of methoxy groups -OCH3 is 2. The predicted molar refractivity (Wildman–Crippen MR) is 176 cm³/mol. The third-order valence-corrected chi connectivity index (χ3v) is 6.91. The van der Waals surface area contributed by atoms with Gasteiger partial charge >= 0.3 is 17.7 Å². The number of benzene rings is 4. The standard InChI is InChI=1S/C19H18O2.C11H10N2O2.C8H8/c1-21-18(20)19(13-12-15-8-4-2-5-9-15)14-17(19)16-10-6-3-7-11-16;1-15-11(14)10(13-12)8-7-9-5-3-2-4-6-9;1-2-8-6-4-3-5-7-8/h2-13,17H,14H2,1H3;2-8H,1H3;2-7H,1H2/b13-12+;8-7+;/t17-,19+;;/m1../s1. The van der Waals surface area contributed by atoms with Gasteiger partial charge in [0.25, 0.3) is 0 Å². The molecule has 0 unspecified atom stereocenters. The first-order valence-electron chi connectivity index (χ1n) is 14.1. The molecule has 0 aromatic heterocycles. The summed E-state index contributed by atoms with van der Waals surface area (Å²) in [6.07, 6.45) is 9.71. The Morgan fingerprint density at radius 1 is 0.750 bits per heavy atom. The molecule has 0 N–H and O–H groups in total. The Balaban J connectivity index is 0.000000200. The summed E-state index contributed by atoms with van der Waals surface area (Å²) in [6, 6.07) is 39.6. The van der Waals surface area contributed by atoms with Crippen molar-refractivity contribution in [3.63, 3.8) is 0 Å². The lowest BCUT2D eigenvalue weighted by Gasteiger charge is -2.10. The maximum atomic E-state index is 12.2. The molecule has 0 saturated heterocycles. The van der Waals surface area contributed by atoms with Crippen LogP contribution in [0.1, 0.15) is 34.6 Å². The zero-order chi connectivity index (χ0) is 31.6. The maximum Gasteiger partial charge on any atom is 0.421 e. The highest BCUT2D eigenvalue weighted by atomic mass is 16.5. The normalized spacial score (nSPS) is 16.3. The largest absolute Gasteiger partial charge is 0.468 e. The molecule has 1 saturated carbocycles. The Labute approximate surface area is 259 Å². The Morgan fingerprint density at radius 3 is 1.66 bits per heavy atom. The minimum atomic E-state index is -0.676. The van der Waals surface area contributed by atoms with E-state index in [9.17, 15) is 9.59 Å². The SMILES string of the molecule is C=Cc1ccccc1.COC(=O)C(/C=C/c1ccccc1)=[N+]=[N-].COC(=O)[C@@]1(/C=C/c2ccccc2)C[C@@H]1c1ccccc1. The average molecular weight is 585 g/mol. The first kappa shape index (κ1) is 32.9. The molecule has 0 bridgehead atoms. The summed E-state index contributed by atoms with van der Waals surface area (Å²) in [5.74, 6) is -0.612. The van der Waals surface area contributed by atoms with E-state index in [0.717, 1.165) is 17.5 Å². The van der Waals surface area contributed by atoms with Gasteiger partial charge in [0.05, 0.1) is 19.6 Å². The van der Waals surface area contributed by atoms with Gasteiger partial charge < -0.3 is 15.0 Å². The molecule has 0 aliphatic heterocycles. The van der Waals surface area contributed by atoms with Crippen LogP contribution in [0.3, 0.4) is 0 Å². The van der Waals surface area contributed by atoms with Gasteiger partial charge in [-0.3, -0.25) is 4.79 Å². The summed E-state index contributed by atoms with van der Waals surface area (Å²) >= 11 is 0. The highest BCUT2D eigenvalue weighted by Gasteiger charge is 2.59. The van der Waals surface area contributed by atoms with Crippen LogP contribution in [0.2, 0.25) is 0 Å². The fourth-order valence-corrected chi connectivity index (χ4v) is 4.43. The molecule has 2 atom stereocenters. The van der Waals surface area contributed by atoms with Crippen molar-refractivity contribution in [2.24, 2.45) is 5.41 Å². The number of esters is 2. The highest BCUT2D eigenvalue weighted by Crippen LogP contribution is 2.61. The molecule has 6 heteroatoms. The van der Waals surface area contributed by atoms with Crippen LogP contribution in [-0.2, 0) is 19.1 Å². The first-order chi connectivity index (χ1) is 21.5. The second kappa shape index (κ2) is 17.4. The van der Waals surface area contributed by atoms with Gasteiger partial charge in [0, 0.05) is 12.0 Å². The van der Waals surface area contributed by atoms with Crippen molar-refractivity contribution < 1.29 is 23.9 Å². The molecule has 222 valence electrons. The Hall–Kier alpha value is -5.58. The highest BCUT2D eigenvalue weighted by molar-refractivity contribution is 6.39. The molecular weight excluding hydrogens is 548 g/mol. The molecule has 1 aliphatic carbocycles. The summed E-state index contributed by atoms with van der Waals surface area (Å²) in [7, 11) is 2.69. The van der Waals surface area contributed by atoms with Crippen LogP contribution in [0.4, 0.5) is 0 Å². The predicted octanol–water partition coefficient (Wildman–Crippen LogP) is 7.92. The molecule has 44 heavy (non-hydrogen) atoms. The molecular formula is C38H36N2O4. The maximum absolute atomic E-state index is 12.2. The van der Waals surface area contributed by atoms with Crippen LogP contribution in [0.25, 0.3) is 23.8 Å². The quantitative estimate of drug-likeness (QED) is 0.0911. The van der Waals surface area contributed by atoms with Gasteiger partial charge in [-0.1, -0.05) is 146 Å². The zero-order valence-corrected chi connectivity index (χ0v) is 25.0. The molecule has 0 spiro atoms. The number of carbonyl (C=O) groups excluding carboxylic acids is 2. The first-order valence-corrected chi connectivity index (χ1v) is 14.1. The third kappa shape index (κ3) is 9.76. The molecule has 6 nitrogen and oxygen atoms in total. The average Bonchev–Trinajstić information content (AvgIpc) is 3.85. The second-order valence-corrected chi connectivity index (χ2v) is 9.78. The van der Waals surface area contributed by atoms with Gasteiger partial charge in [-0.25, -0.2) is 4.79 Å². The van der Waals surface area contributed by atoms with Crippen molar-refractivity contribution in [1.29, 1.82) is 0 Å². The van der Waals surface area contributed by atoms with Crippen molar-refractivity contribution in [2.45, 2.75) is 12.3 Å². The van der Waals surface area contributed by atoms with Gasteiger partial charge in [0.2, 0.25) is 0 Å². The molecule has 1 aliphatic rings. The molecule has 4 aromatic carbocycles. The summed E-state index contributed by atoms with van der Waals surface area (Å²) in [5, 5.41) is 0. The van der Waals surface area contributed by atoms with Crippen molar-refractivity contribution in [3.05, 3.63) is 168 Å². The Bertz CT molecular complexity index is 1590. The topological polar surface area (TPSA) is 89.0 Å². The van der Waals surface area contributed by atoms with E-state index in [-0.39, 0.29) is 17.6 Å². The number of rotatable bonds is 8. The van der Waals surface area contributed by atoms with Gasteiger partial charge in [0.1, 0.15) is 0 Å². The van der Waals surface area contributed by atoms with Gasteiger partial charge in [-0.05, 0) is 34.8 Å². The number of nitrogens with zero attached hydrogens (tertiary/aromatic N) is 2. The number of hydrogen-bond donors (Lipinski definition) is 0. The van der Waals surface area contributed by atoms with Crippen LogP contribution in [0.5, 0.6) is 0 Å². The van der Waals surface area contributed by atoms with E-state index in [4.69, 9.17) is 10.3 Å².